The zero-order chi connectivity index (χ0) is 20.7. The second-order valence-electron chi connectivity index (χ2n) is 5.93. The lowest BCUT2D eigenvalue weighted by molar-refractivity contribution is -0.142. The van der Waals surface area contributed by atoms with Crippen LogP contribution in [-0.4, -0.2) is 25.6 Å². The highest BCUT2D eigenvalue weighted by atomic mass is 127. The molecule has 0 fully saturated rings. The summed E-state index contributed by atoms with van der Waals surface area (Å²) in [5, 5.41) is 12.2. The maximum atomic E-state index is 12.5. The number of esters is 1. The van der Waals surface area contributed by atoms with E-state index in [9.17, 15) is 14.9 Å². The fraction of sp³-hybridized carbons (Fsp3) is 0.190. The number of carbonyl (C=O) groups excluding carboxylic acids is 2. The Bertz CT molecular complexity index is 977. The molecule has 6 nitrogen and oxygen atoms in total. The molecule has 0 unspecified atom stereocenters. The molecule has 0 radical (unpaired) electrons. The Morgan fingerprint density at radius 3 is 2.64 bits per heavy atom. The summed E-state index contributed by atoms with van der Waals surface area (Å²) in [6.45, 7) is 3.68. The Morgan fingerprint density at radius 1 is 1.25 bits per heavy atom. The summed E-state index contributed by atoms with van der Waals surface area (Å²) in [5.74, 6) is -0.437. The van der Waals surface area contributed by atoms with E-state index >= 15 is 0 Å². The van der Waals surface area contributed by atoms with Crippen molar-refractivity contribution in [1.29, 1.82) is 5.26 Å². The number of nitrogens with one attached hydrogen (secondary N) is 1. The van der Waals surface area contributed by atoms with Gasteiger partial charge in [0.05, 0.1) is 10.7 Å². The Balaban J connectivity index is 2.18. The molecule has 1 amide bonds. The van der Waals surface area contributed by atoms with Gasteiger partial charge in [0.1, 0.15) is 17.4 Å². The van der Waals surface area contributed by atoms with Gasteiger partial charge in [-0.15, -0.1) is 0 Å². The third kappa shape index (κ3) is 5.57. The molecule has 0 saturated carbocycles. The summed E-state index contributed by atoms with van der Waals surface area (Å²) in [6, 6.07) is 12.7. The van der Waals surface area contributed by atoms with Crippen molar-refractivity contribution in [2.75, 3.05) is 19.0 Å². The van der Waals surface area contributed by atoms with Gasteiger partial charge in [-0.3, -0.25) is 4.79 Å². The standard InChI is InChI=1S/C21H19IN2O4/c1-13-5-4-6-18(14(13)2)24-21(26)16(11-23)9-15-7-8-19(17(22)10-15)28-12-20(25)27-3/h4-10H,12H2,1-3H3,(H,24,26)/b16-9+. The molecule has 0 atom stereocenters. The van der Waals surface area contributed by atoms with Gasteiger partial charge in [0.15, 0.2) is 6.61 Å². The van der Waals surface area contributed by atoms with Gasteiger partial charge in [0.2, 0.25) is 0 Å². The van der Waals surface area contributed by atoms with Crippen molar-refractivity contribution >= 4 is 46.2 Å². The van der Waals surface area contributed by atoms with Crippen molar-refractivity contribution in [1.82, 2.24) is 0 Å². The van der Waals surface area contributed by atoms with Crippen LogP contribution in [0.1, 0.15) is 16.7 Å². The predicted octanol–water partition coefficient (Wildman–Crippen LogP) is 4.01. The third-order valence-electron chi connectivity index (χ3n) is 4.06. The summed E-state index contributed by atoms with van der Waals surface area (Å²) in [6.07, 6.45) is 1.51. The number of hydrogen-bond donors (Lipinski definition) is 1. The van der Waals surface area contributed by atoms with E-state index in [1.54, 1.807) is 24.3 Å². The molecular weight excluding hydrogens is 471 g/mol. The van der Waals surface area contributed by atoms with Crippen LogP contribution >= 0.6 is 22.6 Å². The monoisotopic (exact) mass is 490 g/mol. The molecule has 1 N–H and O–H groups in total. The number of nitrogens with zero attached hydrogens (tertiary/aromatic N) is 1. The van der Waals surface area contributed by atoms with Crippen LogP contribution in [0.25, 0.3) is 6.08 Å². The zero-order valence-corrected chi connectivity index (χ0v) is 17.9. The number of nitriles is 1. The van der Waals surface area contributed by atoms with Crippen molar-refractivity contribution < 1.29 is 19.1 Å². The molecule has 0 saturated heterocycles. The molecule has 0 aliphatic heterocycles. The van der Waals surface area contributed by atoms with Crippen LogP contribution in [-0.2, 0) is 14.3 Å². The number of hydrogen-bond acceptors (Lipinski definition) is 5. The van der Waals surface area contributed by atoms with E-state index < -0.39 is 11.9 Å². The molecule has 0 heterocycles. The number of aryl methyl sites for hydroxylation is 1. The maximum absolute atomic E-state index is 12.5. The van der Waals surface area contributed by atoms with Crippen LogP contribution in [0.5, 0.6) is 5.75 Å². The van der Waals surface area contributed by atoms with E-state index in [2.05, 4.69) is 32.6 Å². The van der Waals surface area contributed by atoms with Gasteiger partial charge in [-0.2, -0.15) is 5.26 Å². The number of ether oxygens (including phenoxy) is 2. The Kier molecular flexibility index (Phi) is 7.58. The van der Waals surface area contributed by atoms with Gasteiger partial charge in [-0.1, -0.05) is 18.2 Å². The number of amides is 1. The fourth-order valence-corrected chi connectivity index (χ4v) is 3.01. The molecule has 2 aromatic carbocycles. The third-order valence-corrected chi connectivity index (χ3v) is 4.90. The maximum Gasteiger partial charge on any atom is 0.343 e. The van der Waals surface area contributed by atoms with E-state index in [4.69, 9.17) is 4.74 Å². The Hall–Kier alpha value is -2.86. The first kappa shape index (κ1) is 21.4. The molecule has 7 heteroatoms. The van der Waals surface area contributed by atoms with Crippen LogP contribution in [0.3, 0.4) is 0 Å². The number of rotatable bonds is 6. The average Bonchev–Trinajstić information content (AvgIpc) is 2.68. The van der Waals surface area contributed by atoms with Gasteiger partial charge >= 0.3 is 5.97 Å². The molecule has 2 aromatic rings. The molecule has 2 rings (SSSR count). The normalized spacial score (nSPS) is 10.8. The summed E-state index contributed by atoms with van der Waals surface area (Å²) in [4.78, 5) is 23.7. The van der Waals surface area contributed by atoms with Crippen molar-refractivity contribution in [3.05, 3.63) is 62.2 Å². The van der Waals surface area contributed by atoms with Crippen LogP contribution in [0.15, 0.2) is 42.0 Å². The van der Waals surface area contributed by atoms with Crippen molar-refractivity contribution in [3.8, 4) is 11.8 Å². The van der Waals surface area contributed by atoms with Gasteiger partial charge in [0.25, 0.3) is 5.91 Å². The Morgan fingerprint density at radius 2 is 2.00 bits per heavy atom. The number of methoxy groups -OCH3 is 1. The molecule has 0 bridgehead atoms. The van der Waals surface area contributed by atoms with Gasteiger partial charge < -0.3 is 14.8 Å². The van der Waals surface area contributed by atoms with E-state index in [1.165, 1.54) is 13.2 Å². The van der Waals surface area contributed by atoms with Crippen molar-refractivity contribution in [2.24, 2.45) is 0 Å². The minimum Gasteiger partial charge on any atom is -0.481 e. The highest BCUT2D eigenvalue weighted by Crippen LogP contribution is 2.24. The number of halogens is 1. The van der Waals surface area contributed by atoms with E-state index in [0.29, 0.717) is 17.0 Å². The van der Waals surface area contributed by atoms with Crippen molar-refractivity contribution in [3.63, 3.8) is 0 Å². The predicted molar refractivity (Wildman–Crippen MR) is 115 cm³/mol. The fourth-order valence-electron chi connectivity index (χ4n) is 2.31. The smallest absolute Gasteiger partial charge is 0.343 e. The van der Waals surface area contributed by atoms with Crippen LogP contribution < -0.4 is 10.1 Å². The first-order chi connectivity index (χ1) is 13.3. The number of anilines is 1. The highest BCUT2D eigenvalue weighted by Gasteiger charge is 2.12. The summed E-state index contributed by atoms with van der Waals surface area (Å²) in [5.41, 5.74) is 3.34. The summed E-state index contributed by atoms with van der Waals surface area (Å²) in [7, 11) is 1.29. The second-order valence-corrected chi connectivity index (χ2v) is 7.09. The SMILES string of the molecule is COC(=O)COc1ccc(/C=C(\C#N)C(=O)Nc2cccc(C)c2C)cc1I. The first-order valence-electron chi connectivity index (χ1n) is 8.34. The molecule has 0 aromatic heterocycles. The minimum atomic E-state index is -0.477. The lowest BCUT2D eigenvalue weighted by Crippen LogP contribution is -2.14. The average molecular weight is 490 g/mol. The van der Waals surface area contributed by atoms with Gasteiger partial charge in [-0.25, -0.2) is 4.79 Å². The van der Waals surface area contributed by atoms with Crippen LogP contribution in [0.2, 0.25) is 0 Å². The molecule has 0 aliphatic rings. The van der Waals surface area contributed by atoms with E-state index in [0.717, 1.165) is 14.7 Å². The quantitative estimate of drug-likeness (QED) is 0.286. The van der Waals surface area contributed by atoms with E-state index in [1.807, 2.05) is 32.0 Å². The Labute approximate surface area is 177 Å². The lowest BCUT2D eigenvalue weighted by Gasteiger charge is -2.10. The van der Waals surface area contributed by atoms with Gasteiger partial charge in [0, 0.05) is 5.69 Å². The van der Waals surface area contributed by atoms with Crippen molar-refractivity contribution in [2.45, 2.75) is 13.8 Å². The molecule has 28 heavy (non-hydrogen) atoms. The largest absolute Gasteiger partial charge is 0.481 e. The molecular formula is C21H19IN2O4. The topological polar surface area (TPSA) is 88.4 Å². The number of benzene rings is 2. The molecule has 0 aliphatic carbocycles. The highest BCUT2D eigenvalue weighted by molar-refractivity contribution is 14.1. The minimum absolute atomic E-state index is 0.0139. The lowest BCUT2D eigenvalue weighted by atomic mass is 10.1. The van der Waals surface area contributed by atoms with Crippen LogP contribution in [0.4, 0.5) is 5.69 Å². The first-order valence-corrected chi connectivity index (χ1v) is 9.42. The second kappa shape index (κ2) is 9.90. The molecule has 0 spiro atoms. The summed E-state index contributed by atoms with van der Waals surface area (Å²) >= 11 is 2.06. The zero-order valence-electron chi connectivity index (χ0n) is 15.7. The van der Waals surface area contributed by atoms with Crippen LogP contribution in [0, 0.1) is 28.7 Å². The molecule has 144 valence electrons. The van der Waals surface area contributed by atoms with E-state index in [-0.39, 0.29) is 12.2 Å². The summed E-state index contributed by atoms with van der Waals surface area (Å²) < 4.78 is 10.7. The van der Waals surface area contributed by atoms with Gasteiger partial charge in [-0.05, 0) is 77.4 Å². The number of carbonyl (C=O) groups is 2.